The number of carbonyl (C=O) groups is 1. The third kappa shape index (κ3) is 5.85. The Morgan fingerprint density at radius 1 is 1.03 bits per heavy atom. The molecule has 0 radical (unpaired) electrons. The van der Waals surface area contributed by atoms with Crippen molar-refractivity contribution < 1.29 is 14.3 Å². The van der Waals surface area contributed by atoms with Gasteiger partial charge in [-0.25, -0.2) is 0 Å². The predicted molar refractivity (Wildman–Crippen MR) is 120 cm³/mol. The summed E-state index contributed by atoms with van der Waals surface area (Å²) in [6.07, 6.45) is 2.55. The van der Waals surface area contributed by atoms with E-state index in [4.69, 9.17) is 9.47 Å². The van der Waals surface area contributed by atoms with Gasteiger partial charge in [0.2, 0.25) is 0 Å². The highest BCUT2D eigenvalue weighted by atomic mass is 32.2. The van der Waals surface area contributed by atoms with Gasteiger partial charge in [-0.1, -0.05) is 36.4 Å². The molecular weight excluding hydrogens is 396 g/mol. The zero-order valence-corrected chi connectivity index (χ0v) is 18.2. The molecule has 2 heterocycles. The SMILES string of the molecule is O=C(NCc1ccccc1CN1CCOCC1)c1ccccc1SC[C@H]1CCCO1. The van der Waals surface area contributed by atoms with Crippen molar-refractivity contribution in [1.29, 1.82) is 0 Å². The van der Waals surface area contributed by atoms with Gasteiger partial charge < -0.3 is 14.8 Å². The number of hydrogen-bond donors (Lipinski definition) is 1. The third-order valence-electron chi connectivity index (χ3n) is 5.64. The molecule has 5 nitrogen and oxygen atoms in total. The van der Waals surface area contributed by atoms with Gasteiger partial charge in [0.15, 0.2) is 0 Å². The minimum absolute atomic E-state index is 0.0217. The molecule has 0 spiro atoms. The molecule has 2 fully saturated rings. The van der Waals surface area contributed by atoms with Gasteiger partial charge in [0.05, 0.1) is 24.9 Å². The Morgan fingerprint density at radius 3 is 2.60 bits per heavy atom. The molecule has 0 unspecified atom stereocenters. The quantitative estimate of drug-likeness (QED) is 0.652. The molecule has 1 atom stereocenters. The first-order valence-electron chi connectivity index (χ1n) is 10.8. The van der Waals surface area contributed by atoms with Crippen molar-refractivity contribution in [2.24, 2.45) is 0 Å². The Hall–Kier alpha value is -1.86. The Balaban J connectivity index is 1.37. The van der Waals surface area contributed by atoms with E-state index in [0.717, 1.165) is 68.5 Å². The van der Waals surface area contributed by atoms with Gasteiger partial charge in [0, 0.05) is 43.4 Å². The summed E-state index contributed by atoms with van der Waals surface area (Å²) in [5.74, 6) is 0.874. The first-order valence-corrected chi connectivity index (χ1v) is 11.8. The van der Waals surface area contributed by atoms with Gasteiger partial charge >= 0.3 is 0 Å². The number of amides is 1. The molecule has 6 heteroatoms. The Bertz CT molecular complexity index is 833. The molecule has 0 aliphatic carbocycles. The summed E-state index contributed by atoms with van der Waals surface area (Å²) in [6.45, 7) is 5.77. The van der Waals surface area contributed by atoms with Crippen LogP contribution < -0.4 is 5.32 Å². The minimum atomic E-state index is -0.0217. The normalized spacial score (nSPS) is 19.7. The maximum atomic E-state index is 13.0. The lowest BCUT2D eigenvalue weighted by molar-refractivity contribution is 0.0340. The summed E-state index contributed by atoms with van der Waals surface area (Å²) in [7, 11) is 0. The molecule has 2 aromatic rings. The van der Waals surface area contributed by atoms with Crippen LogP contribution in [0, 0.1) is 0 Å². The maximum absolute atomic E-state index is 13.0. The minimum Gasteiger partial charge on any atom is -0.379 e. The van der Waals surface area contributed by atoms with E-state index in [9.17, 15) is 4.79 Å². The highest BCUT2D eigenvalue weighted by Crippen LogP contribution is 2.27. The monoisotopic (exact) mass is 426 g/mol. The second-order valence-corrected chi connectivity index (χ2v) is 8.84. The van der Waals surface area contributed by atoms with Gasteiger partial charge in [0.1, 0.15) is 0 Å². The lowest BCUT2D eigenvalue weighted by Gasteiger charge is -2.27. The maximum Gasteiger partial charge on any atom is 0.252 e. The lowest BCUT2D eigenvalue weighted by atomic mass is 10.1. The molecule has 0 aromatic heterocycles. The number of ether oxygens (including phenoxy) is 2. The van der Waals surface area contributed by atoms with Crippen LogP contribution in [0.15, 0.2) is 53.4 Å². The van der Waals surface area contributed by atoms with Crippen LogP contribution in [0.2, 0.25) is 0 Å². The summed E-state index contributed by atoms with van der Waals surface area (Å²) in [5, 5.41) is 3.13. The summed E-state index contributed by atoms with van der Waals surface area (Å²) < 4.78 is 11.2. The van der Waals surface area contributed by atoms with E-state index < -0.39 is 0 Å². The van der Waals surface area contributed by atoms with Gasteiger partial charge in [0.25, 0.3) is 5.91 Å². The largest absolute Gasteiger partial charge is 0.379 e. The summed E-state index contributed by atoms with van der Waals surface area (Å²) in [5.41, 5.74) is 3.17. The van der Waals surface area contributed by atoms with Crippen LogP contribution >= 0.6 is 11.8 Å². The predicted octanol–water partition coefficient (Wildman–Crippen LogP) is 3.72. The van der Waals surface area contributed by atoms with E-state index in [1.54, 1.807) is 11.8 Å². The number of rotatable bonds is 8. The lowest BCUT2D eigenvalue weighted by Crippen LogP contribution is -2.36. The Kier molecular flexibility index (Phi) is 7.81. The zero-order chi connectivity index (χ0) is 20.6. The number of nitrogens with one attached hydrogen (secondary N) is 1. The zero-order valence-electron chi connectivity index (χ0n) is 17.3. The van der Waals surface area contributed by atoms with Crippen molar-refractivity contribution in [3.05, 3.63) is 65.2 Å². The van der Waals surface area contributed by atoms with E-state index in [2.05, 4.69) is 28.4 Å². The fourth-order valence-electron chi connectivity index (χ4n) is 3.89. The molecule has 1 N–H and O–H groups in total. The average Bonchev–Trinajstić information content (AvgIpc) is 3.31. The van der Waals surface area contributed by atoms with Gasteiger partial charge in [-0.15, -0.1) is 11.8 Å². The second-order valence-electron chi connectivity index (χ2n) is 7.78. The Morgan fingerprint density at radius 2 is 1.80 bits per heavy atom. The van der Waals surface area contributed by atoms with Crippen molar-refractivity contribution in [1.82, 2.24) is 10.2 Å². The molecule has 160 valence electrons. The van der Waals surface area contributed by atoms with Crippen LogP contribution in [-0.4, -0.2) is 55.6 Å². The van der Waals surface area contributed by atoms with Gasteiger partial charge in [-0.2, -0.15) is 0 Å². The number of hydrogen-bond acceptors (Lipinski definition) is 5. The highest BCUT2D eigenvalue weighted by Gasteiger charge is 2.18. The van der Waals surface area contributed by atoms with E-state index in [1.165, 1.54) is 11.1 Å². The molecule has 2 aliphatic rings. The first kappa shape index (κ1) is 21.4. The Labute approximate surface area is 183 Å². The fourth-order valence-corrected chi connectivity index (χ4v) is 5.01. The standard InChI is InChI=1S/C24H30N2O3S/c27-24(22-9-3-4-10-23(22)30-18-21-8-5-13-29-21)25-16-19-6-1-2-7-20(19)17-26-11-14-28-15-12-26/h1-4,6-7,9-10,21H,5,8,11-18H2,(H,25,27)/t21-/m1/s1. The number of carbonyl (C=O) groups excluding carboxylic acids is 1. The molecular formula is C24H30N2O3S. The third-order valence-corrected chi connectivity index (χ3v) is 6.84. The van der Waals surface area contributed by atoms with Crippen molar-refractivity contribution in [3.8, 4) is 0 Å². The summed E-state index contributed by atoms with van der Waals surface area (Å²) >= 11 is 1.72. The topological polar surface area (TPSA) is 50.8 Å². The molecule has 30 heavy (non-hydrogen) atoms. The molecule has 4 rings (SSSR count). The summed E-state index contributed by atoms with van der Waals surface area (Å²) in [6, 6.07) is 16.2. The van der Waals surface area contributed by atoms with E-state index >= 15 is 0 Å². The van der Waals surface area contributed by atoms with Gasteiger partial charge in [-0.3, -0.25) is 9.69 Å². The van der Waals surface area contributed by atoms with Crippen LogP contribution in [0.3, 0.4) is 0 Å². The molecule has 2 saturated heterocycles. The number of thioether (sulfide) groups is 1. The van der Waals surface area contributed by atoms with E-state index in [1.807, 2.05) is 30.3 Å². The number of morpholine rings is 1. The molecule has 2 aromatic carbocycles. The van der Waals surface area contributed by atoms with Crippen LogP contribution in [0.4, 0.5) is 0 Å². The molecule has 1 amide bonds. The molecule has 0 bridgehead atoms. The molecule has 0 saturated carbocycles. The van der Waals surface area contributed by atoms with Crippen LogP contribution in [0.5, 0.6) is 0 Å². The summed E-state index contributed by atoms with van der Waals surface area (Å²) in [4.78, 5) is 16.4. The van der Waals surface area contributed by atoms with E-state index in [-0.39, 0.29) is 5.91 Å². The number of nitrogens with zero attached hydrogens (tertiary/aromatic N) is 1. The van der Waals surface area contributed by atoms with Crippen molar-refractivity contribution in [2.75, 3.05) is 38.7 Å². The number of benzene rings is 2. The van der Waals surface area contributed by atoms with Crippen LogP contribution in [0.25, 0.3) is 0 Å². The van der Waals surface area contributed by atoms with Crippen LogP contribution in [-0.2, 0) is 22.6 Å². The van der Waals surface area contributed by atoms with Crippen molar-refractivity contribution in [3.63, 3.8) is 0 Å². The first-order chi connectivity index (χ1) is 14.8. The molecule has 2 aliphatic heterocycles. The average molecular weight is 427 g/mol. The van der Waals surface area contributed by atoms with Crippen molar-refractivity contribution >= 4 is 17.7 Å². The van der Waals surface area contributed by atoms with Crippen molar-refractivity contribution in [2.45, 2.75) is 36.9 Å². The highest BCUT2D eigenvalue weighted by molar-refractivity contribution is 7.99. The van der Waals surface area contributed by atoms with Crippen LogP contribution in [0.1, 0.15) is 34.3 Å². The second kappa shape index (κ2) is 11.0. The smallest absolute Gasteiger partial charge is 0.252 e. The van der Waals surface area contributed by atoms with E-state index in [0.29, 0.717) is 12.6 Å². The fraction of sp³-hybridized carbons (Fsp3) is 0.458. The van der Waals surface area contributed by atoms with Gasteiger partial charge in [-0.05, 0) is 36.1 Å².